The fourth-order valence-electron chi connectivity index (χ4n) is 2.27. The predicted octanol–water partition coefficient (Wildman–Crippen LogP) is 1.62. The van der Waals surface area contributed by atoms with E-state index in [2.05, 4.69) is 0 Å². The number of carbonyl (C=O) groups excluding carboxylic acids is 1. The van der Waals surface area contributed by atoms with Gasteiger partial charge in [0.2, 0.25) is 0 Å². The number of hydrogen-bond acceptors (Lipinski definition) is 6. The average Bonchev–Trinajstić information content (AvgIpc) is 2.55. The van der Waals surface area contributed by atoms with E-state index in [4.69, 9.17) is 14.9 Å². The van der Waals surface area contributed by atoms with Crippen LogP contribution in [0.4, 0.5) is 0 Å². The van der Waals surface area contributed by atoms with Crippen molar-refractivity contribution >= 4 is 11.9 Å². The van der Waals surface area contributed by atoms with Crippen molar-refractivity contribution in [1.29, 1.82) is 0 Å². The summed E-state index contributed by atoms with van der Waals surface area (Å²) in [6, 6.07) is 0. The molecule has 4 N–H and O–H groups in total. The van der Waals surface area contributed by atoms with Crippen LogP contribution in [0.25, 0.3) is 0 Å². The smallest absolute Gasteiger partial charge is 0.305 e. The molecule has 7 heteroatoms. The van der Waals surface area contributed by atoms with Gasteiger partial charge in [-0.2, -0.15) is 0 Å². The largest absolute Gasteiger partial charge is 0.481 e. The molecule has 0 heterocycles. The highest BCUT2D eigenvalue weighted by Crippen LogP contribution is 2.10. The Morgan fingerprint density at radius 1 is 0.792 bits per heavy atom. The Balaban J connectivity index is 3.41. The number of rotatable bonds is 16. The highest BCUT2D eigenvalue weighted by Gasteiger charge is 2.09. The van der Waals surface area contributed by atoms with Gasteiger partial charge in [0.05, 0.1) is 18.8 Å². The molecule has 0 saturated carbocycles. The van der Waals surface area contributed by atoms with E-state index in [9.17, 15) is 19.8 Å². The lowest BCUT2D eigenvalue weighted by Gasteiger charge is -2.11. The molecular weight excluding hydrogens is 316 g/mol. The lowest BCUT2D eigenvalue weighted by molar-refractivity contribution is -0.147. The Kier molecular flexibility index (Phi) is 14.6. The number of esters is 1. The van der Waals surface area contributed by atoms with Gasteiger partial charge in [0, 0.05) is 12.8 Å². The van der Waals surface area contributed by atoms with Gasteiger partial charge in [-0.15, -0.1) is 0 Å². The van der Waals surface area contributed by atoms with Gasteiger partial charge in [0.25, 0.3) is 0 Å². The molecule has 0 fully saturated rings. The Hall–Kier alpha value is -1.18. The van der Waals surface area contributed by atoms with Crippen molar-refractivity contribution in [1.82, 2.24) is 0 Å². The summed E-state index contributed by atoms with van der Waals surface area (Å²) in [5.41, 5.74) is 0. The molecule has 0 aliphatic rings. The second kappa shape index (κ2) is 15.4. The SMILES string of the molecule is O=C(O)CCCCC(=O)OCC(O)CCCCCCCC(O)CO. The maximum atomic E-state index is 11.4. The van der Waals surface area contributed by atoms with E-state index in [0.29, 0.717) is 25.7 Å². The number of hydrogen-bond donors (Lipinski definition) is 4. The van der Waals surface area contributed by atoms with Crippen LogP contribution < -0.4 is 0 Å². The molecule has 2 unspecified atom stereocenters. The van der Waals surface area contributed by atoms with Crippen molar-refractivity contribution in [2.24, 2.45) is 0 Å². The van der Waals surface area contributed by atoms with Crippen molar-refractivity contribution in [2.45, 2.75) is 82.8 Å². The van der Waals surface area contributed by atoms with Crippen molar-refractivity contribution < 1.29 is 34.8 Å². The molecule has 0 aliphatic heterocycles. The van der Waals surface area contributed by atoms with E-state index in [-0.39, 0.29) is 26.1 Å². The summed E-state index contributed by atoms with van der Waals surface area (Å²) in [5, 5.41) is 36.1. The van der Waals surface area contributed by atoms with E-state index in [1.54, 1.807) is 0 Å². The Morgan fingerprint density at radius 2 is 1.33 bits per heavy atom. The van der Waals surface area contributed by atoms with Gasteiger partial charge in [-0.05, 0) is 25.7 Å². The van der Waals surface area contributed by atoms with Crippen LogP contribution in [0.1, 0.15) is 70.6 Å². The fraction of sp³-hybridized carbons (Fsp3) is 0.882. The minimum absolute atomic E-state index is 0.0134. The van der Waals surface area contributed by atoms with Crippen molar-refractivity contribution in [3.8, 4) is 0 Å². The minimum atomic E-state index is -0.872. The molecule has 0 aromatic rings. The quantitative estimate of drug-likeness (QED) is 0.247. The molecule has 0 bridgehead atoms. The van der Waals surface area contributed by atoms with Gasteiger partial charge < -0.3 is 25.2 Å². The average molecular weight is 348 g/mol. The third-order valence-corrected chi connectivity index (χ3v) is 3.74. The van der Waals surface area contributed by atoms with Crippen molar-refractivity contribution in [2.75, 3.05) is 13.2 Å². The van der Waals surface area contributed by atoms with E-state index < -0.39 is 24.1 Å². The lowest BCUT2D eigenvalue weighted by atomic mass is 10.1. The van der Waals surface area contributed by atoms with E-state index in [1.807, 2.05) is 0 Å². The second-order valence-corrected chi connectivity index (χ2v) is 6.12. The minimum Gasteiger partial charge on any atom is -0.481 e. The summed E-state index contributed by atoms with van der Waals surface area (Å²) in [6.07, 6.45) is 5.75. The Labute approximate surface area is 143 Å². The zero-order chi connectivity index (χ0) is 18.2. The topological polar surface area (TPSA) is 124 Å². The van der Waals surface area contributed by atoms with Crippen LogP contribution in [0.2, 0.25) is 0 Å². The zero-order valence-electron chi connectivity index (χ0n) is 14.4. The maximum Gasteiger partial charge on any atom is 0.305 e. The molecule has 0 aliphatic carbocycles. The molecule has 0 aromatic heterocycles. The molecule has 0 radical (unpaired) electrons. The molecule has 0 rings (SSSR count). The molecule has 0 spiro atoms. The lowest BCUT2D eigenvalue weighted by Crippen LogP contribution is -2.18. The molecule has 7 nitrogen and oxygen atoms in total. The Morgan fingerprint density at radius 3 is 1.92 bits per heavy atom. The first kappa shape index (κ1) is 22.8. The number of aliphatic hydroxyl groups excluding tert-OH is 3. The summed E-state index contributed by atoms with van der Waals surface area (Å²) in [4.78, 5) is 21.7. The van der Waals surface area contributed by atoms with Crippen LogP contribution in [0, 0.1) is 0 Å². The molecule has 0 saturated heterocycles. The van der Waals surface area contributed by atoms with Gasteiger partial charge in [-0.25, -0.2) is 0 Å². The number of carboxylic acid groups (broad SMARTS) is 1. The third-order valence-electron chi connectivity index (χ3n) is 3.74. The maximum absolute atomic E-state index is 11.4. The fourth-order valence-corrected chi connectivity index (χ4v) is 2.27. The second-order valence-electron chi connectivity index (χ2n) is 6.12. The Bertz CT molecular complexity index is 333. The van der Waals surface area contributed by atoms with Crippen LogP contribution in [0.5, 0.6) is 0 Å². The summed E-state index contributed by atoms with van der Waals surface area (Å²) >= 11 is 0. The number of carboxylic acids is 1. The summed E-state index contributed by atoms with van der Waals surface area (Å²) in [5.74, 6) is -1.27. The molecule has 0 aromatic carbocycles. The molecule has 0 amide bonds. The van der Waals surface area contributed by atoms with Gasteiger partial charge in [-0.1, -0.05) is 32.1 Å². The highest BCUT2D eigenvalue weighted by molar-refractivity contribution is 5.69. The molecule has 142 valence electrons. The van der Waals surface area contributed by atoms with Gasteiger partial charge in [0.15, 0.2) is 0 Å². The number of aliphatic carboxylic acids is 1. The van der Waals surface area contributed by atoms with Crippen molar-refractivity contribution in [3.05, 3.63) is 0 Å². The van der Waals surface area contributed by atoms with E-state index in [1.165, 1.54) is 0 Å². The monoisotopic (exact) mass is 348 g/mol. The van der Waals surface area contributed by atoms with Crippen LogP contribution in [-0.2, 0) is 14.3 Å². The number of ether oxygens (including phenoxy) is 1. The van der Waals surface area contributed by atoms with Crippen LogP contribution in [0.15, 0.2) is 0 Å². The number of carbonyl (C=O) groups is 2. The summed E-state index contributed by atoms with van der Waals surface area (Å²) in [7, 11) is 0. The summed E-state index contributed by atoms with van der Waals surface area (Å²) in [6.45, 7) is -0.203. The molecule has 2 atom stereocenters. The standard InChI is InChI=1S/C17H32O7/c18-12-14(19)8-4-2-1-3-5-9-15(20)13-24-17(23)11-7-6-10-16(21)22/h14-15,18-20H,1-13H2,(H,21,22). The first-order valence-electron chi connectivity index (χ1n) is 8.80. The van der Waals surface area contributed by atoms with Crippen molar-refractivity contribution in [3.63, 3.8) is 0 Å². The first-order valence-corrected chi connectivity index (χ1v) is 8.80. The summed E-state index contributed by atoms with van der Waals surface area (Å²) < 4.78 is 4.96. The van der Waals surface area contributed by atoms with Crippen LogP contribution in [-0.4, -0.2) is 57.8 Å². The number of unbranched alkanes of at least 4 members (excludes halogenated alkanes) is 5. The van der Waals surface area contributed by atoms with Gasteiger partial charge in [0.1, 0.15) is 6.61 Å². The normalized spacial score (nSPS) is 13.5. The first-order chi connectivity index (χ1) is 11.5. The highest BCUT2D eigenvalue weighted by atomic mass is 16.5. The zero-order valence-corrected chi connectivity index (χ0v) is 14.4. The van der Waals surface area contributed by atoms with Gasteiger partial charge in [-0.3, -0.25) is 9.59 Å². The van der Waals surface area contributed by atoms with E-state index >= 15 is 0 Å². The molecule has 24 heavy (non-hydrogen) atoms. The predicted molar refractivity (Wildman–Crippen MR) is 88.5 cm³/mol. The van der Waals surface area contributed by atoms with E-state index in [0.717, 1.165) is 32.1 Å². The number of aliphatic hydroxyl groups is 3. The molecular formula is C17H32O7. The third kappa shape index (κ3) is 15.7. The van der Waals surface area contributed by atoms with Crippen LogP contribution >= 0.6 is 0 Å². The van der Waals surface area contributed by atoms with Gasteiger partial charge >= 0.3 is 11.9 Å². The van der Waals surface area contributed by atoms with Crippen LogP contribution in [0.3, 0.4) is 0 Å².